The number of nitro benzene ring substituents is 3. The summed E-state index contributed by atoms with van der Waals surface area (Å²) >= 11 is 1.89. The Morgan fingerprint density at radius 1 is 1.00 bits per heavy atom. The van der Waals surface area contributed by atoms with Crippen LogP contribution in [0.4, 0.5) is 17.1 Å². The number of hydrogen-bond donors (Lipinski definition) is 0. The van der Waals surface area contributed by atoms with Crippen LogP contribution in [0.15, 0.2) is 47.5 Å². The third-order valence-electron chi connectivity index (χ3n) is 4.65. The van der Waals surface area contributed by atoms with E-state index in [1.807, 2.05) is 11.8 Å². The zero-order valence-electron chi connectivity index (χ0n) is 16.2. The molecule has 0 bridgehead atoms. The van der Waals surface area contributed by atoms with Crippen LogP contribution in [-0.4, -0.2) is 43.7 Å². The van der Waals surface area contributed by atoms with Crippen LogP contribution in [0.5, 0.6) is 0 Å². The van der Waals surface area contributed by atoms with E-state index in [0.29, 0.717) is 18.2 Å². The predicted octanol–water partition coefficient (Wildman–Crippen LogP) is 4.29. The lowest BCUT2D eigenvalue weighted by Gasteiger charge is -2.12. The van der Waals surface area contributed by atoms with Crippen molar-refractivity contribution in [3.05, 3.63) is 83.9 Å². The maximum atomic E-state index is 10.5. The number of amidine groups is 1. The van der Waals surface area contributed by atoms with Gasteiger partial charge < -0.3 is 4.90 Å². The van der Waals surface area contributed by atoms with E-state index in [9.17, 15) is 30.3 Å². The molecule has 0 radical (unpaired) electrons. The smallest absolute Gasteiger partial charge is 0.286 e. The van der Waals surface area contributed by atoms with Gasteiger partial charge in [0.25, 0.3) is 17.1 Å². The summed E-state index contributed by atoms with van der Waals surface area (Å²) in [5, 5.41) is 32.7. The molecule has 1 fully saturated rings. The third kappa shape index (κ3) is 5.47. The van der Waals surface area contributed by atoms with E-state index in [1.54, 1.807) is 0 Å². The predicted molar refractivity (Wildman–Crippen MR) is 119 cm³/mol. The number of hydrogen-bond acceptors (Lipinski definition) is 9. The number of nitrogens with zero attached hydrogens (tertiary/aromatic N) is 5. The topological polar surface area (TPSA) is 145 Å². The van der Waals surface area contributed by atoms with Crippen molar-refractivity contribution in [2.24, 2.45) is 4.99 Å². The lowest BCUT2D eigenvalue weighted by atomic mass is 10.1. The Bertz CT molecular complexity index is 1000. The van der Waals surface area contributed by atoms with Gasteiger partial charge in [0.2, 0.25) is 0 Å². The molecule has 2 heterocycles. The monoisotopic (exact) mass is 467 g/mol. The van der Waals surface area contributed by atoms with Crippen molar-refractivity contribution >= 4 is 46.4 Å². The maximum Gasteiger partial charge on any atom is 0.286 e. The van der Waals surface area contributed by atoms with Gasteiger partial charge in [0, 0.05) is 18.8 Å². The highest BCUT2D eigenvalue weighted by Gasteiger charge is 2.30. The molecule has 11 nitrogen and oxygen atoms in total. The van der Waals surface area contributed by atoms with E-state index in [1.165, 1.54) is 30.0 Å². The van der Waals surface area contributed by atoms with Gasteiger partial charge in [0.1, 0.15) is 5.56 Å². The van der Waals surface area contributed by atoms with Crippen LogP contribution in [-0.2, 0) is 0 Å². The van der Waals surface area contributed by atoms with E-state index >= 15 is 0 Å². The van der Waals surface area contributed by atoms with Crippen molar-refractivity contribution in [1.82, 2.24) is 4.90 Å². The second-order valence-electron chi connectivity index (χ2n) is 6.51. The molecule has 2 aliphatic rings. The first-order valence-corrected chi connectivity index (χ1v) is 9.84. The number of fused-ring (bicyclic) bond motifs is 1. The van der Waals surface area contributed by atoms with Crippen molar-refractivity contribution in [2.75, 3.05) is 18.8 Å². The van der Waals surface area contributed by atoms with Gasteiger partial charge in [-0.05, 0) is 12.5 Å². The van der Waals surface area contributed by atoms with Crippen LogP contribution in [0, 0.1) is 37.3 Å². The van der Waals surface area contributed by atoms with Crippen LogP contribution >= 0.6 is 24.2 Å². The Hall–Kier alpha value is -3.25. The van der Waals surface area contributed by atoms with Crippen molar-refractivity contribution < 1.29 is 14.8 Å². The number of rotatable bonds is 4. The highest BCUT2D eigenvalue weighted by atomic mass is 35.5. The van der Waals surface area contributed by atoms with Crippen LogP contribution in [0.25, 0.3) is 0 Å². The average molecular weight is 468 g/mol. The van der Waals surface area contributed by atoms with Gasteiger partial charge in [-0.15, -0.1) is 12.4 Å². The number of benzene rings is 2. The van der Waals surface area contributed by atoms with Gasteiger partial charge >= 0.3 is 0 Å². The molecule has 2 aliphatic heterocycles. The zero-order chi connectivity index (χ0) is 21.8. The minimum absolute atomic E-state index is 0. The molecule has 2 aromatic carbocycles. The average Bonchev–Trinajstić information content (AvgIpc) is 3.31. The number of non-ortho nitro benzene ring substituents is 1. The molecule has 1 unspecified atom stereocenters. The quantitative estimate of drug-likeness (QED) is 0.478. The molecule has 0 spiro atoms. The molecule has 31 heavy (non-hydrogen) atoms. The molecular weight excluding hydrogens is 450 g/mol. The highest BCUT2D eigenvalue weighted by Crippen LogP contribution is 2.33. The van der Waals surface area contributed by atoms with Crippen LogP contribution in [0.1, 0.15) is 17.2 Å². The molecule has 1 atom stereocenters. The molecule has 0 aromatic heterocycles. The minimum Gasteiger partial charge on any atom is -0.348 e. The molecular formula is C18H18ClN5O6S. The van der Waals surface area contributed by atoms with E-state index in [2.05, 4.69) is 35.2 Å². The summed E-state index contributed by atoms with van der Waals surface area (Å²) in [6.07, 6.45) is 0. The maximum absolute atomic E-state index is 10.5. The van der Waals surface area contributed by atoms with Crippen molar-refractivity contribution in [2.45, 2.75) is 13.0 Å². The molecule has 0 aliphatic carbocycles. The van der Waals surface area contributed by atoms with Crippen LogP contribution < -0.4 is 0 Å². The van der Waals surface area contributed by atoms with Gasteiger partial charge in [-0.2, -0.15) is 0 Å². The van der Waals surface area contributed by atoms with E-state index in [0.717, 1.165) is 6.54 Å². The molecule has 1 saturated heterocycles. The lowest BCUT2D eigenvalue weighted by molar-refractivity contribution is -0.403. The SMILES string of the molecule is Cc1c([N+](=O)[O-])cc([N+](=O)[O-])cc1[N+](=O)[O-].Cl.c1ccc(C2CN3CCSC3=N2)cc1. The fourth-order valence-corrected chi connectivity index (χ4v) is 4.16. The third-order valence-corrected chi connectivity index (χ3v) is 5.66. The molecule has 13 heteroatoms. The fourth-order valence-electron chi connectivity index (χ4n) is 3.11. The number of aliphatic imine (C=N–C) groups is 1. The first-order valence-electron chi connectivity index (χ1n) is 8.86. The molecule has 0 amide bonds. The Morgan fingerprint density at radius 2 is 1.58 bits per heavy atom. The second-order valence-corrected chi connectivity index (χ2v) is 7.58. The van der Waals surface area contributed by atoms with E-state index in [-0.39, 0.29) is 18.0 Å². The summed E-state index contributed by atoms with van der Waals surface area (Å²) < 4.78 is 0. The standard InChI is InChI=1S/C11H12N2S.C7H5N3O6.ClH/c1-2-4-9(5-3-1)10-8-13-6-7-14-11(13)12-10;1-4-6(9(13)14)2-5(8(11)12)3-7(4)10(15)16;/h1-5,10H,6-8H2;2-3H,1H3;1H. The Kier molecular flexibility index (Phi) is 7.89. The van der Waals surface area contributed by atoms with Crippen molar-refractivity contribution in [1.29, 1.82) is 0 Å². The Labute approximate surface area is 187 Å². The molecule has 164 valence electrons. The number of halogens is 1. The largest absolute Gasteiger partial charge is 0.348 e. The van der Waals surface area contributed by atoms with Gasteiger partial charge in [0.15, 0.2) is 5.17 Å². The number of thioether (sulfide) groups is 1. The highest BCUT2D eigenvalue weighted by molar-refractivity contribution is 8.14. The molecule has 0 saturated carbocycles. The fraction of sp³-hybridized carbons (Fsp3) is 0.278. The Morgan fingerprint density at radius 3 is 2.06 bits per heavy atom. The van der Waals surface area contributed by atoms with Gasteiger partial charge in [-0.3, -0.25) is 35.3 Å². The van der Waals surface area contributed by atoms with Crippen molar-refractivity contribution in [3.8, 4) is 0 Å². The summed E-state index contributed by atoms with van der Waals surface area (Å²) in [6.45, 7) is 3.42. The molecule has 0 N–H and O–H groups in total. The lowest BCUT2D eigenvalue weighted by Crippen LogP contribution is -2.21. The first kappa shape index (κ1) is 24.0. The summed E-state index contributed by atoms with van der Waals surface area (Å²) in [6, 6.07) is 12.3. The van der Waals surface area contributed by atoms with Crippen LogP contribution in [0.2, 0.25) is 0 Å². The molecule has 4 rings (SSSR count). The Balaban J connectivity index is 0.000000214. The normalized spacial score (nSPS) is 16.4. The minimum atomic E-state index is -0.917. The zero-order valence-corrected chi connectivity index (χ0v) is 17.9. The second kappa shape index (κ2) is 10.2. The molecule has 2 aromatic rings. The van der Waals surface area contributed by atoms with Gasteiger partial charge in [-0.1, -0.05) is 42.1 Å². The summed E-state index contributed by atoms with van der Waals surface area (Å²) in [5.74, 6) is 1.21. The van der Waals surface area contributed by atoms with Crippen molar-refractivity contribution in [3.63, 3.8) is 0 Å². The summed E-state index contributed by atoms with van der Waals surface area (Å²) in [5.41, 5.74) is -0.818. The number of nitro groups is 3. The van der Waals surface area contributed by atoms with Gasteiger partial charge in [0.05, 0.1) is 32.9 Å². The summed E-state index contributed by atoms with van der Waals surface area (Å²) in [4.78, 5) is 35.9. The first-order chi connectivity index (χ1) is 14.3. The van der Waals surface area contributed by atoms with E-state index in [4.69, 9.17) is 4.99 Å². The van der Waals surface area contributed by atoms with E-state index < -0.39 is 31.8 Å². The van der Waals surface area contributed by atoms with Crippen LogP contribution in [0.3, 0.4) is 0 Å². The summed E-state index contributed by atoms with van der Waals surface area (Å²) in [7, 11) is 0. The van der Waals surface area contributed by atoms with Gasteiger partial charge in [-0.25, -0.2) is 0 Å².